The first-order valence-corrected chi connectivity index (χ1v) is 11.2. The largest absolute Gasteiger partial charge is 0.360 e. The van der Waals surface area contributed by atoms with E-state index in [9.17, 15) is 9.18 Å². The zero-order valence-corrected chi connectivity index (χ0v) is 18.2. The fourth-order valence-electron chi connectivity index (χ4n) is 4.33. The Labute approximate surface area is 192 Å². The van der Waals surface area contributed by atoms with Crippen molar-refractivity contribution in [1.29, 1.82) is 0 Å². The lowest BCUT2D eigenvalue weighted by molar-refractivity contribution is 0.102. The van der Waals surface area contributed by atoms with Crippen molar-refractivity contribution in [1.82, 2.24) is 14.9 Å². The van der Waals surface area contributed by atoms with E-state index in [0.29, 0.717) is 11.4 Å². The number of H-pyrrole nitrogens is 1. The van der Waals surface area contributed by atoms with Gasteiger partial charge in [-0.05, 0) is 54.8 Å². The van der Waals surface area contributed by atoms with Gasteiger partial charge in [-0.1, -0.05) is 42.5 Å². The molecule has 0 bridgehead atoms. The number of carbonyl (C=O) groups excluding carboxylic acids is 1. The highest BCUT2D eigenvalue weighted by atomic mass is 19.1. The number of aromatic amines is 1. The van der Waals surface area contributed by atoms with E-state index in [1.807, 2.05) is 18.3 Å². The standard InChI is InChI=1S/C27H25FN4O/c28-21-11-9-20(10-12-21)27(33)31-25-14-13-23-26(30-25)22(18-29-23)24-8-4-5-16-32(24)17-15-19-6-2-1-3-7-19/h1-7,9-14,18,24,29H,8,15-17H2,(H,30,31,33). The van der Waals surface area contributed by atoms with Gasteiger partial charge in [0.25, 0.3) is 5.91 Å². The summed E-state index contributed by atoms with van der Waals surface area (Å²) in [5, 5.41) is 2.83. The molecule has 0 spiro atoms. The van der Waals surface area contributed by atoms with Gasteiger partial charge in [0.2, 0.25) is 0 Å². The van der Waals surface area contributed by atoms with E-state index >= 15 is 0 Å². The average molecular weight is 441 g/mol. The van der Waals surface area contributed by atoms with E-state index in [1.165, 1.54) is 29.8 Å². The highest BCUT2D eigenvalue weighted by Crippen LogP contribution is 2.33. The molecule has 4 aromatic rings. The molecule has 0 radical (unpaired) electrons. The molecule has 2 aromatic carbocycles. The molecule has 5 rings (SSSR count). The number of aromatic nitrogens is 2. The third-order valence-electron chi connectivity index (χ3n) is 6.10. The first-order chi connectivity index (χ1) is 16.2. The van der Waals surface area contributed by atoms with E-state index in [-0.39, 0.29) is 17.8 Å². The van der Waals surface area contributed by atoms with Gasteiger partial charge in [-0.3, -0.25) is 9.69 Å². The molecule has 6 heteroatoms. The van der Waals surface area contributed by atoms with Crippen LogP contribution in [0.3, 0.4) is 0 Å². The molecule has 2 N–H and O–H groups in total. The lowest BCUT2D eigenvalue weighted by Crippen LogP contribution is -2.33. The van der Waals surface area contributed by atoms with Crippen molar-refractivity contribution < 1.29 is 9.18 Å². The van der Waals surface area contributed by atoms with E-state index in [2.05, 4.69) is 51.6 Å². The number of anilines is 1. The molecule has 0 fully saturated rings. The van der Waals surface area contributed by atoms with E-state index in [4.69, 9.17) is 4.98 Å². The number of amides is 1. The summed E-state index contributed by atoms with van der Waals surface area (Å²) in [6, 6.07) is 19.9. The molecule has 5 nitrogen and oxygen atoms in total. The van der Waals surface area contributed by atoms with Crippen LogP contribution in [-0.2, 0) is 6.42 Å². The highest BCUT2D eigenvalue weighted by molar-refractivity contribution is 6.04. The molecule has 33 heavy (non-hydrogen) atoms. The van der Waals surface area contributed by atoms with Crippen LogP contribution in [0.1, 0.15) is 33.9 Å². The number of halogens is 1. The zero-order valence-electron chi connectivity index (χ0n) is 18.2. The number of pyridine rings is 1. The summed E-state index contributed by atoms with van der Waals surface area (Å²) in [5.41, 5.74) is 4.63. The monoisotopic (exact) mass is 440 g/mol. The maximum absolute atomic E-state index is 13.2. The normalized spacial score (nSPS) is 16.2. The fourth-order valence-corrected chi connectivity index (χ4v) is 4.33. The molecule has 1 aliphatic rings. The summed E-state index contributed by atoms with van der Waals surface area (Å²) in [5.74, 6) is -0.217. The lowest BCUT2D eigenvalue weighted by atomic mass is 9.99. The van der Waals surface area contributed by atoms with Gasteiger partial charge in [-0.2, -0.15) is 0 Å². The van der Waals surface area contributed by atoms with Gasteiger partial charge in [0.15, 0.2) is 0 Å². The summed E-state index contributed by atoms with van der Waals surface area (Å²) in [4.78, 5) is 23.1. The summed E-state index contributed by atoms with van der Waals surface area (Å²) >= 11 is 0. The van der Waals surface area contributed by atoms with Crippen molar-refractivity contribution in [2.45, 2.75) is 18.9 Å². The SMILES string of the molecule is O=C(Nc1ccc2[nH]cc(C3CC=CCN3CCc3ccccc3)c2n1)c1ccc(F)cc1. The molecule has 0 saturated heterocycles. The van der Waals surface area contributed by atoms with Crippen LogP contribution in [0.5, 0.6) is 0 Å². The summed E-state index contributed by atoms with van der Waals surface area (Å²) in [6.45, 7) is 1.85. The van der Waals surface area contributed by atoms with Crippen LogP contribution < -0.4 is 5.32 Å². The first kappa shape index (κ1) is 21.1. The van der Waals surface area contributed by atoms with Crippen LogP contribution in [0.4, 0.5) is 10.2 Å². The summed E-state index contributed by atoms with van der Waals surface area (Å²) < 4.78 is 13.2. The summed E-state index contributed by atoms with van der Waals surface area (Å²) in [6.07, 6.45) is 8.37. The topological polar surface area (TPSA) is 61.0 Å². The number of rotatable bonds is 6. The molecule has 1 amide bonds. The molecule has 0 aliphatic carbocycles. The maximum Gasteiger partial charge on any atom is 0.256 e. The van der Waals surface area contributed by atoms with E-state index in [0.717, 1.165) is 42.5 Å². The highest BCUT2D eigenvalue weighted by Gasteiger charge is 2.24. The molecule has 0 saturated carbocycles. The molecule has 2 aromatic heterocycles. The van der Waals surface area contributed by atoms with E-state index in [1.54, 1.807) is 6.07 Å². The third-order valence-corrected chi connectivity index (χ3v) is 6.10. The molecular weight excluding hydrogens is 415 g/mol. The van der Waals surface area contributed by atoms with Gasteiger partial charge < -0.3 is 10.3 Å². The number of carbonyl (C=O) groups is 1. The van der Waals surface area contributed by atoms with Crippen LogP contribution >= 0.6 is 0 Å². The predicted octanol–water partition coefficient (Wildman–Crippen LogP) is 5.50. The number of hydrogen-bond acceptors (Lipinski definition) is 3. The van der Waals surface area contributed by atoms with Gasteiger partial charge in [-0.15, -0.1) is 0 Å². The van der Waals surface area contributed by atoms with Crippen LogP contribution in [0.2, 0.25) is 0 Å². The van der Waals surface area contributed by atoms with Gasteiger partial charge in [-0.25, -0.2) is 9.37 Å². The minimum Gasteiger partial charge on any atom is -0.360 e. The van der Waals surface area contributed by atoms with Crippen molar-refractivity contribution >= 4 is 22.8 Å². The number of nitrogens with one attached hydrogen (secondary N) is 2. The fraction of sp³-hybridized carbons (Fsp3) is 0.185. The average Bonchev–Trinajstić information content (AvgIpc) is 3.27. The van der Waals surface area contributed by atoms with Crippen molar-refractivity contribution in [3.8, 4) is 0 Å². The third kappa shape index (κ3) is 4.71. The Kier molecular flexibility index (Phi) is 6.00. The molecule has 1 aliphatic heterocycles. The Morgan fingerprint density at radius 1 is 1.06 bits per heavy atom. The second-order valence-electron chi connectivity index (χ2n) is 8.25. The molecule has 1 atom stereocenters. The van der Waals surface area contributed by atoms with Crippen LogP contribution in [0, 0.1) is 5.82 Å². The maximum atomic E-state index is 13.2. The Morgan fingerprint density at radius 3 is 2.70 bits per heavy atom. The minimum atomic E-state index is -0.374. The quantitative estimate of drug-likeness (QED) is 0.389. The van der Waals surface area contributed by atoms with Gasteiger partial charge in [0.1, 0.15) is 11.6 Å². The molecule has 1 unspecified atom stereocenters. The van der Waals surface area contributed by atoms with Crippen LogP contribution in [0.15, 0.2) is 85.1 Å². The van der Waals surface area contributed by atoms with Gasteiger partial charge in [0.05, 0.1) is 11.0 Å². The van der Waals surface area contributed by atoms with Crippen LogP contribution in [0.25, 0.3) is 11.0 Å². The van der Waals surface area contributed by atoms with Crippen molar-refractivity contribution in [3.05, 3.63) is 108 Å². The predicted molar refractivity (Wildman–Crippen MR) is 129 cm³/mol. The number of hydrogen-bond donors (Lipinski definition) is 2. The minimum absolute atomic E-state index is 0.211. The van der Waals surface area contributed by atoms with Crippen molar-refractivity contribution in [3.63, 3.8) is 0 Å². The molecule has 166 valence electrons. The van der Waals surface area contributed by atoms with Crippen molar-refractivity contribution in [2.75, 3.05) is 18.4 Å². The molecular formula is C27H25FN4O. The lowest BCUT2D eigenvalue weighted by Gasteiger charge is -2.32. The molecule has 3 heterocycles. The second kappa shape index (κ2) is 9.38. The summed E-state index contributed by atoms with van der Waals surface area (Å²) in [7, 11) is 0. The second-order valence-corrected chi connectivity index (χ2v) is 8.25. The zero-order chi connectivity index (χ0) is 22.6. The van der Waals surface area contributed by atoms with Crippen LogP contribution in [-0.4, -0.2) is 33.9 Å². The van der Waals surface area contributed by atoms with Crippen molar-refractivity contribution in [2.24, 2.45) is 0 Å². The Morgan fingerprint density at radius 2 is 1.88 bits per heavy atom. The Hall–Kier alpha value is -3.77. The first-order valence-electron chi connectivity index (χ1n) is 11.2. The number of benzene rings is 2. The number of fused-ring (bicyclic) bond motifs is 1. The Balaban J connectivity index is 1.37. The smallest absolute Gasteiger partial charge is 0.256 e. The Bertz CT molecular complexity index is 1280. The number of nitrogens with zero attached hydrogens (tertiary/aromatic N) is 2. The van der Waals surface area contributed by atoms with Gasteiger partial charge >= 0.3 is 0 Å². The van der Waals surface area contributed by atoms with Gasteiger partial charge in [0, 0.05) is 36.5 Å². The van der Waals surface area contributed by atoms with E-state index < -0.39 is 0 Å².